The Morgan fingerprint density at radius 2 is 2.00 bits per heavy atom. The molecule has 8 heteroatoms. The molecule has 162 valence electrons. The molecule has 7 nitrogen and oxygen atoms in total. The molecule has 31 heavy (non-hydrogen) atoms. The van der Waals surface area contributed by atoms with Gasteiger partial charge in [-0.15, -0.1) is 11.3 Å². The van der Waals surface area contributed by atoms with Gasteiger partial charge in [0.05, 0.1) is 17.1 Å². The van der Waals surface area contributed by atoms with Crippen molar-refractivity contribution in [2.75, 3.05) is 47.6 Å². The Kier molecular flexibility index (Phi) is 6.08. The number of aryl methyl sites for hydroxylation is 2. The summed E-state index contributed by atoms with van der Waals surface area (Å²) in [5, 5.41) is 7.01. The van der Waals surface area contributed by atoms with Gasteiger partial charge in [0.15, 0.2) is 10.9 Å². The summed E-state index contributed by atoms with van der Waals surface area (Å²) in [6.07, 6.45) is 1.89. The molecule has 3 aromatic rings. The Labute approximate surface area is 187 Å². The number of carbonyl (C=O) groups is 1. The molecule has 1 aromatic carbocycles. The van der Waals surface area contributed by atoms with Crippen LogP contribution >= 0.6 is 11.3 Å². The highest BCUT2D eigenvalue weighted by Gasteiger charge is 2.23. The molecule has 0 spiro atoms. The topological polar surface area (TPSA) is 73.4 Å². The van der Waals surface area contributed by atoms with Crippen LogP contribution in [0.5, 0.6) is 0 Å². The number of rotatable bonds is 3. The van der Waals surface area contributed by atoms with E-state index in [1.807, 2.05) is 52.2 Å². The molecule has 4 rings (SSSR count). The van der Waals surface area contributed by atoms with Crippen molar-refractivity contribution in [2.45, 2.75) is 26.7 Å². The number of fused-ring (bicyclic) bond motifs is 1. The van der Waals surface area contributed by atoms with Crippen molar-refractivity contribution < 1.29 is 4.79 Å². The number of nitrogens with zero attached hydrogens (tertiary/aromatic N) is 4. The minimum atomic E-state index is -0.203. The molecule has 0 aliphatic carbocycles. The summed E-state index contributed by atoms with van der Waals surface area (Å²) >= 11 is 1.49. The Bertz CT molecular complexity index is 1070. The summed E-state index contributed by atoms with van der Waals surface area (Å²) in [6.45, 7) is 5.43. The van der Waals surface area contributed by atoms with Crippen LogP contribution < -0.4 is 20.4 Å². The van der Waals surface area contributed by atoms with E-state index in [4.69, 9.17) is 4.98 Å². The third kappa shape index (κ3) is 4.64. The van der Waals surface area contributed by atoms with E-state index in [9.17, 15) is 4.79 Å². The van der Waals surface area contributed by atoms with Crippen LogP contribution in [0.2, 0.25) is 0 Å². The monoisotopic (exact) mass is 436 g/mol. The molecule has 0 saturated carbocycles. The van der Waals surface area contributed by atoms with E-state index >= 15 is 0 Å². The van der Waals surface area contributed by atoms with Gasteiger partial charge in [-0.05, 0) is 51.0 Å². The summed E-state index contributed by atoms with van der Waals surface area (Å²) in [5.41, 5.74) is 4.77. The first-order chi connectivity index (χ1) is 14.9. The molecule has 0 radical (unpaired) electrons. The number of hydrogen-bond acceptors (Lipinski definition) is 6. The van der Waals surface area contributed by atoms with Crippen LogP contribution in [0.25, 0.3) is 11.3 Å². The third-order valence-corrected chi connectivity index (χ3v) is 6.39. The molecule has 0 fully saturated rings. The maximum atomic E-state index is 13.2. The van der Waals surface area contributed by atoms with Crippen molar-refractivity contribution in [2.24, 2.45) is 0 Å². The van der Waals surface area contributed by atoms with Crippen molar-refractivity contribution >= 4 is 39.7 Å². The van der Waals surface area contributed by atoms with Gasteiger partial charge in [0.2, 0.25) is 0 Å². The molecule has 1 aliphatic rings. The number of anilines is 4. The van der Waals surface area contributed by atoms with Crippen LogP contribution in [-0.2, 0) is 0 Å². The maximum Gasteiger partial charge on any atom is 0.329 e. The van der Waals surface area contributed by atoms with Gasteiger partial charge < -0.3 is 10.2 Å². The first-order valence-electron chi connectivity index (χ1n) is 10.5. The molecule has 0 unspecified atom stereocenters. The second-order valence-corrected chi connectivity index (χ2v) is 9.09. The van der Waals surface area contributed by atoms with E-state index in [1.54, 1.807) is 4.90 Å². The van der Waals surface area contributed by atoms with Crippen molar-refractivity contribution in [1.29, 1.82) is 0 Å². The van der Waals surface area contributed by atoms with Crippen LogP contribution in [0, 0.1) is 13.8 Å². The normalized spacial score (nSPS) is 13.6. The number of amides is 2. The lowest BCUT2D eigenvalue weighted by atomic mass is 10.1. The Morgan fingerprint density at radius 1 is 1.16 bits per heavy atom. The summed E-state index contributed by atoms with van der Waals surface area (Å²) in [5.74, 6) is 0.648. The smallest absolute Gasteiger partial charge is 0.329 e. The molecule has 3 heterocycles. The number of urea groups is 1. The van der Waals surface area contributed by atoms with Gasteiger partial charge in [0, 0.05) is 43.3 Å². The van der Waals surface area contributed by atoms with Gasteiger partial charge in [0.25, 0.3) is 0 Å². The van der Waals surface area contributed by atoms with Crippen LogP contribution in [0.15, 0.2) is 36.4 Å². The average Bonchev–Trinajstić information content (AvgIpc) is 3.05. The van der Waals surface area contributed by atoms with Gasteiger partial charge >= 0.3 is 6.03 Å². The molecule has 0 saturated heterocycles. The van der Waals surface area contributed by atoms with Crippen molar-refractivity contribution in [3.05, 3.63) is 47.0 Å². The lowest BCUT2D eigenvalue weighted by molar-refractivity contribution is 0.256. The standard InChI is InChI=1S/C23H28N6OS/c1-15-16(2)31-22(25-15)27-23(30)29-13-6-5-12-24-20-11-10-19(26-21(20)29)17-8-7-9-18(14-17)28(3)4/h7-11,14,24H,5-6,12-13H2,1-4H3,(H,25,27,30). The molecule has 1 aliphatic heterocycles. The predicted molar refractivity (Wildman–Crippen MR) is 130 cm³/mol. The first kappa shape index (κ1) is 21.1. The summed E-state index contributed by atoms with van der Waals surface area (Å²) in [7, 11) is 4.04. The molecule has 2 aromatic heterocycles. The number of hydrogen-bond donors (Lipinski definition) is 2. The van der Waals surface area contributed by atoms with Gasteiger partial charge in [-0.2, -0.15) is 0 Å². The first-order valence-corrected chi connectivity index (χ1v) is 11.3. The zero-order valence-corrected chi connectivity index (χ0v) is 19.2. The third-order valence-electron chi connectivity index (χ3n) is 5.40. The second kappa shape index (κ2) is 8.93. The largest absolute Gasteiger partial charge is 0.382 e. The maximum absolute atomic E-state index is 13.2. The van der Waals surface area contributed by atoms with E-state index in [1.165, 1.54) is 11.3 Å². The predicted octanol–water partition coefficient (Wildman–Crippen LogP) is 5.13. The van der Waals surface area contributed by atoms with Gasteiger partial charge in [-0.3, -0.25) is 10.2 Å². The fourth-order valence-electron chi connectivity index (χ4n) is 3.50. The lowest BCUT2D eigenvalue weighted by Gasteiger charge is -2.27. The number of thiazole rings is 1. The van der Waals surface area contributed by atoms with Gasteiger partial charge in [-0.1, -0.05) is 12.1 Å². The zero-order chi connectivity index (χ0) is 22.0. The SMILES string of the molecule is Cc1nc(NC(=O)N2CCCCNc3ccc(-c4cccc(N(C)C)c4)nc32)sc1C. The molecular formula is C23H28N6OS. The molecule has 0 atom stereocenters. The minimum absolute atomic E-state index is 0.203. The van der Waals surface area contributed by atoms with E-state index < -0.39 is 0 Å². The quantitative estimate of drug-likeness (QED) is 0.595. The number of carbonyl (C=O) groups excluding carboxylic acids is 1. The van der Waals surface area contributed by atoms with Crippen LogP contribution in [0.1, 0.15) is 23.4 Å². The highest BCUT2D eigenvalue weighted by molar-refractivity contribution is 7.15. The Morgan fingerprint density at radius 3 is 2.74 bits per heavy atom. The van der Waals surface area contributed by atoms with E-state index in [-0.39, 0.29) is 6.03 Å². The Balaban J connectivity index is 1.69. The fourth-order valence-corrected chi connectivity index (χ4v) is 4.31. The average molecular weight is 437 g/mol. The zero-order valence-electron chi connectivity index (χ0n) is 18.4. The second-order valence-electron chi connectivity index (χ2n) is 7.89. The number of benzene rings is 1. The number of aromatic nitrogens is 2. The van der Waals surface area contributed by atoms with Crippen LogP contribution in [0.3, 0.4) is 0 Å². The molecule has 0 bridgehead atoms. The molecular weight excluding hydrogens is 408 g/mol. The van der Waals surface area contributed by atoms with E-state index in [0.29, 0.717) is 17.5 Å². The fraction of sp³-hybridized carbons (Fsp3) is 0.348. The summed E-state index contributed by atoms with van der Waals surface area (Å²) in [4.78, 5) is 27.5. The van der Waals surface area contributed by atoms with Gasteiger partial charge in [-0.25, -0.2) is 14.8 Å². The highest BCUT2D eigenvalue weighted by atomic mass is 32.1. The highest BCUT2D eigenvalue weighted by Crippen LogP contribution is 2.32. The Hall–Kier alpha value is -3.13. The van der Waals surface area contributed by atoms with E-state index in [0.717, 1.165) is 52.6 Å². The van der Waals surface area contributed by atoms with E-state index in [2.05, 4.69) is 32.7 Å². The van der Waals surface area contributed by atoms with Crippen LogP contribution in [-0.4, -0.2) is 43.2 Å². The van der Waals surface area contributed by atoms with Crippen molar-refractivity contribution in [3.63, 3.8) is 0 Å². The van der Waals surface area contributed by atoms with Crippen molar-refractivity contribution in [3.8, 4) is 11.3 Å². The number of pyridine rings is 1. The molecule has 2 N–H and O–H groups in total. The summed E-state index contributed by atoms with van der Waals surface area (Å²) < 4.78 is 0. The lowest BCUT2D eigenvalue weighted by Crippen LogP contribution is -2.38. The molecule has 2 amide bonds. The van der Waals surface area contributed by atoms with Gasteiger partial charge in [0.1, 0.15) is 0 Å². The number of nitrogens with one attached hydrogen (secondary N) is 2. The minimum Gasteiger partial charge on any atom is -0.382 e. The summed E-state index contributed by atoms with van der Waals surface area (Å²) in [6, 6.07) is 12.1. The van der Waals surface area contributed by atoms with Crippen molar-refractivity contribution in [1.82, 2.24) is 9.97 Å². The van der Waals surface area contributed by atoms with Crippen LogP contribution in [0.4, 0.5) is 27.1 Å².